The molecule has 22 heavy (non-hydrogen) atoms. The first kappa shape index (κ1) is 17.1. The minimum absolute atomic E-state index is 0.908. The Bertz CT molecular complexity index is 591. The van der Waals surface area contributed by atoms with Gasteiger partial charge in [-0.2, -0.15) is 0 Å². The first-order valence-corrected chi connectivity index (χ1v) is 14.4. The molecule has 0 radical (unpaired) electrons. The van der Waals surface area contributed by atoms with Crippen LogP contribution in [0.5, 0.6) is 0 Å². The van der Waals surface area contributed by atoms with E-state index in [0.717, 1.165) is 30.3 Å². The number of aryl methyl sites for hydroxylation is 1. The van der Waals surface area contributed by atoms with Crippen LogP contribution in [-0.4, -0.2) is 31.6 Å². The molecule has 2 aromatic rings. The molecule has 4 nitrogen and oxygen atoms in total. The average Bonchev–Trinajstić information content (AvgIpc) is 2.85. The minimum atomic E-state index is -1.55. The summed E-state index contributed by atoms with van der Waals surface area (Å²) >= 11 is 0. The van der Waals surface area contributed by atoms with Gasteiger partial charge >= 0.3 is 0 Å². The Balaban J connectivity index is 1.87. The lowest BCUT2D eigenvalue weighted by Crippen LogP contribution is -2.42. The van der Waals surface area contributed by atoms with Crippen LogP contribution in [0.15, 0.2) is 36.5 Å². The van der Waals surface area contributed by atoms with E-state index in [1.54, 1.807) is 0 Å². The maximum Gasteiger partial charge on any atom is 0.173 e. The molecular formula is C16H27N3OSi2. The van der Waals surface area contributed by atoms with Crippen molar-refractivity contribution in [2.75, 3.05) is 0 Å². The van der Waals surface area contributed by atoms with E-state index in [1.807, 2.05) is 29.1 Å². The van der Waals surface area contributed by atoms with Gasteiger partial charge in [0.15, 0.2) is 16.6 Å². The van der Waals surface area contributed by atoms with Crippen molar-refractivity contribution >= 4 is 16.6 Å². The summed E-state index contributed by atoms with van der Waals surface area (Å²) in [6.45, 7) is 12.4. The summed E-state index contributed by atoms with van der Waals surface area (Å²) < 4.78 is 8.32. The molecule has 0 fully saturated rings. The fourth-order valence-corrected chi connectivity index (χ4v) is 10.7. The second-order valence-corrected chi connectivity index (χ2v) is 16.4. The summed E-state index contributed by atoms with van der Waals surface area (Å²) in [5, 5.41) is 8.50. The van der Waals surface area contributed by atoms with Crippen LogP contribution in [0, 0.1) is 0 Å². The van der Waals surface area contributed by atoms with Crippen LogP contribution >= 0.6 is 0 Å². The summed E-state index contributed by atoms with van der Waals surface area (Å²) in [6.07, 6.45) is 3.13. The Morgan fingerprint density at radius 2 is 1.73 bits per heavy atom. The third-order valence-electron chi connectivity index (χ3n) is 3.36. The molecule has 0 unspecified atom stereocenters. The maximum atomic E-state index is 6.37. The molecule has 2 rings (SSSR count). The fraction of sp³-hybridized carbons (Fsp3) is 0.500. The SMILES string of the molecule is C[Si](C)(C)O[Si](C)(C)CCCn1cc(-c2ccccc2)nn1. The number of rotatable bonds is 7. The Hall–Kier alpha value is -1.25. The molecule has 1 aromatic carbocycles. The third kappa shape index (κ3) is 5.51. The number of benzene rings is 1. The predicted octanol–water partition coefficient (Wildman–Crippen LogP) is 4.39. The van der Waals surface area contributed by atoms with Gasteiger partial charge in [-0.1, -0.05) is 35.5 Å². The average molecular weight is 334 g/mol. The van der Waals surface area contributed by atoms with Crippen molar-refractivity contribution in [1.82, 2.24) is 15.0 Å². The van der Waals surface area contributed by atoms with Gasteiger partial charge in [-0.05, 0) is 45.2 Å². The largest absolute Gasteiger partial charge is 0.456 e. The van der Waals surface area contributed by atoms with Gasteiger partial charge in [0, 0.05) is 12.1 Å². The summed E-state index contributed by atoms with van der Waals surface area (Å²) in [6, 6.07) is 11.3. The van der Waals surface area contributed by atoms with Gasteiger partial charge in [-0.15, -0.1) is 5.10 Å². The van der Waals surface area contributed by atoms with E-state index in [0.29, 0.717) is 0 Å². The quantitative estimate of drug-likeness (QED) is 0.705. The van der Waals surface area contributed by atoms with Crippen molar-refractivity contribution in [2.24, 2.45) is 0 Å². The second kappa shape index (κ2) is 6.89. The zero-order chi connectivity index (χ0) is 16.2. The highest BCUT2D eigenvalue weighted by Gasteiger charge is 2.28. The predicted molar refractivity (Wildman–Crippen MR) is 96.8 cm³/mol. The second-order valence-electron chi connectivity index (χ2n) is 7.31. The van der Waals surface area contributed by atoms with E-state index in [4.69, 9.17) is 4.12 Å². The lowest BCUT2D eigenvalue weighted by Gasteiger charge is -2.31. The van der Waals surface area contributed by atoms with Gasteiger partial charge in [0.2, 0.25) is 0 Å². The van der Waals surface area contributed by atoms with Gasteiger partial charge in [0.1, 0.15) is 5.69 Å². The zero-order valence-corrected chi connectivity index (χ0v) is 16.3. The normalized spacial score (nSPS) is 12.6. The first-order valence-electron chi connectivity index (χ1n) is 7.91. The lowest BCUT2D eigenvalue weighted by molar-refractivity contribution is 0.524. The smallest absolute Gasteiger partial charge is 0.173 e. The molecule has 0 spiro atoms. The number of nitrogens with zero attached hydrogens (tertiary/aromatic N) is 3. The van der Waals surface area contributed by atoms with E-state index < -0.39 is 16.6 Å². The lowest BCUT2D eigenvalue weighted by atomic mass is 10.2. The van der Waals surface area contributed by atoms with Gasteiger partial charge < -0.3 is 4.12 Å². The fourth-order valence-electron chi connectivity index (χ4n) is 2.70. The molecule has 0 bridgehead atoms. The summed E-state index contributed by atoms with van der Waals surface area (Å²) in [7, 11) is -2.98. The van der Waals surface area contributed by atoms with Gasteiger partial charge in [0.25, 0.3) is 0 Å². The molecule has 1 aromatic heterocycles. The van der Waals surface area contributed by atoms with Crippen LogP contribution in [0.2, 0.25) is 38.8 Å². The van der Waals surface area contributed by atoms with Crippen LogP contribution in [-0.2, 0) is 10.7 Å². The molecule has 0 saturated carbocycles. The van der Waals surface area contributed by atoms with Gasteiger partial charge in [-0.25, -0.2) is 0 Å². The summed E-state index contributed by atoms with van der Waals surface area (Å²) in [4.78, 5) is 0. The summed E-state index contributed by atoms with van der Waals surface area (Å²) in [5.41, 5.74) is 2.06. The van der Waals surface area contributed by atoms with Crippen molar-refractivity contribution in [1.29, 1.82) is 0 Å². The molecule has 0 saturated heterocycles. The van der Waals surface area contributed by atoms with Gasteiger partial charge in [-0.3, -0.25) is 4.68 Å². The molecule has 0 amide bonds. The maximum absolute atomic E-state index is 6.37. The number of aromatic nitrogens is 3. The molecule has 0 atom stereocenters. The minimum Gasteiger partial charge on any atom is -0.456 e. The van der Waals surface area contributed by atoms with Crippen LogP contribution in [0.4, 0.5) is 0 Å². The van der Waals surface area contributed by atoms with Crippen LogP contribution in [0.25, 0.3) is 11.3 Å². The van der Waals surface area contributed by atoms with E-state index in [1.165, 1.54) is 0 Å². The monoisotopic (exact) mass is 333 g/mol. The summed E-state index contributed by atoms with van der Waals surface area (Å²) in [5.74, 6) is 0. The highest BCUT2D eigenvalue weighted by molar-refractivity contribution is 6.84. The standard InChI is InChI=1S/C16H27N3OSi2/c1-21(2,3)20-22(4,5)13-9-12-19-14-16(17-18-19)15-10-7-6-8-11-15/h6-8,10-11,14H,9,12-13H2,1-5H3. The van der Waals surface area contributed by atoms with Gasteiger partial charge in [0.05, 0.1) is 6.20 Å². The molecule has 0 aliphatic heterocycles. The van der Waals surface area contributed by atoms with Crippen molar-refractivity contribution < 1.29 is 4.12 Å². The van der Waals surface area contributed by atoms with Crippen LogP contribution in [0.1, 0.15) is 6.42 Å². The van der Waals surface area contributed by atoms with Crippen LogP contribution in [0.3, 0.4) is 0 Å². The zero-order valence-electron chi connectivity index (χ0n) is 14.3. The Morgan fingerprint density at radius 1 is 1.05 bits per heavy atom. The first-order chi connectivity index (χ1) is 10.3. The molecule has 6 heteroatoms. The van der Waals surface area contributed by atoms with Crippen molar-refractivity contribution in [3.05, 3.63) is 36.5 Å². The third-order valence-corrected chi connectivity index (χ3v) is 9.57. The Labute approximate surface area is 135 Å². The topological polar surface area (TPSA) is 39.9 Å². The molecule has 120 valence electrons. The molecule has 0 aliphatic carbocycles. The Kier molecular flexibility index (Phi) is 5.36. The highest BCUT2D eigenvalue weighted by Crippen LogP contribution is 2.20. The molecule has 0 N–H and O–H groups in total. The van der Waals surface area contributed by atoms with E-state index in [9.17, 15) is 0 Å². The van der Waals surface area contributed by atoms with Crippen molar-refractivity contribution in [3.8, 4) is 11.3 Å². The van der Waals surface area contributed by atoms with Crippen molar-refractivity contribution in [2.45, 2.75) is 51.7 Å². The molecule has 0 aliphatic rings. The molecular weight excluding hydrogens is 306 g/mol. The highest BCUT2D eigenvalue weighted by atomic mass is 28.4. The number of hydrogen-bond donors (Lipinski definition) is 0. The Morgan fingerprint density at radius 3 is 2.36 bits per heavy atom. The van der Waals surface area contributed by atoms with Crippen LogP contribution < -0.4 is 0 Å². The number of hydrogen-bond acceptors (Lipinski definition) is 3. The van der Waals surface area contributed by atoms with E-state index in [-0.39, 0.29) is 0 Å². The van der Waals surface area contributed by atoms with E-state index in [2.05, 4.69) is 55.2 Å². The van der Waals surface area contributed by atoms with Crippen molar-refractivity contribution in [3.63, 3.8) is 0 Å². The molecule has 1 heterocycles. The van der Waals surface area contributed by atoms with E-state index >= 15 is 0 Å².